The maximum Gasteiger partial charge on any atom is 0.151 e. The molecule has 2 fully saturated rings. The number of sulfone groups is 1. The van der Waals surface area contributed by atoms with E-state index in [2.05, 4.69) is 0 Å². The van der Waals surface area contributed by atoms with Crippen molar-refractivity contribution in [1.82, 2.24) is 0 Å². The lowest BCUT2D eigenvalue weighted by atomic mass is 9.68. The van der Waals surface area contributed by atoms with Crippen LogP contribution >= 0.6 is 0 Å². The Bertz CT molecular complexity index is 337. The van der Waals surface area contributed by atoms with Crippen molar-refractivity contribution in [2.45, 2.75) is 45.2 Å². The van der Waals surface area contributed by atoms with Crippen LogP contribution in [0.2, 0.25) is 0 Å². The first-order valence-corrected chi connectivity index (χ1v) is 7.49. The molecule has 0 amide bonds. The molecule has 0 aromatic rings. The first-order chi connectivity index (χ1) is 6.77. The molecule has 0 N–H and O–H groups in total. The van der Waals surface area contributed by atoms with E-state index in [-0.39, 0.29) is 11.3 Å². The molecule has 0 radical (unpaired) electrons. The summed E-state index contributed by atoms with van der Waals surface area (Å²) in [4.78, 5) is 0. The Morgan fingerprint density at radius 3 is 1.87 bits per heavy atom. The van der Waals surface area contributed by atoms with Crippen molar-refractivity contribution in [2.24, 2.45) is 11.3 Å². The van der Waals surface area contributed by atoms with Crippen LogP contribution in [0, 0.1) is 11.3 Å². The summed E-state index contributed by atoms with van der Waals surface area (Å²) in [6, 6.07) is 0. The van der Waals surface area contributed by atoms with Gasteiger partial charge in [0.2, 0.25) is 0 Å². The van der Waals surface area contributed by atoms with E-state index in [0.717, 1.165) is 12.8 Å². The Kier molecular flexibility index (Phi) is 2.42. The normalized spacial score (nSPS) is 31.5. The fraction of sp³-hybridized carbons (Fsp3) is 1.00. The molecule has 2 nitrogen and oxygen atoms in total. The van der Waals surface area contributed by atoms with Gasteiger partial charge in [-0.2, -0.15) is 0 Å². The van der Waals surface area contributed by atoms with Crippen LogP contribution in [0.25, 0.3) is 0 Å². The minimum absolute atomic E-state index is 0.0477. The van der Waals surface area contributed by atoms with Gasteiger partial charge >= 0.3 is 0 Å². The zero-order chi connectivity index (χ0) is 11.3. The van der Waals surface area contributed by atoms with Crippen molar-refractivity contribution in [1.29, 1.82) is 0 Å². The number of hydrogen-bond acceptors (Lipinski definition) is 2. The average Bonchev–Trinajstić information content (AvgIpc) is 2.07. The largest absolute Gasteiger partial charge is 0.244 e. The van der Waals surface area contributed by atoms with Gasteiger partial charge in [0.1, 0.15) is 5.67 Å². The molecule has 0 unspecified atom stereocenters. The first-order valence-electron chi connectivity index (χ1n) is 5.66. The molecule has 4 heteroatoms. The lowest BCUT2D eigenvalue weighted by molar-refractivity contribution is 0.0129. The van der Waals surface area contributed by atoms with Gasteiger partial charge < -0.3 is 0 Å². The van der Waals surface area contributed by atoms with E-state index in [1.807, 2.05) is 13.8 Å². The van der Waals surface area contributed by atoms with Gasteiger partial charge in [-0.3, -0.25) is 0 Å². The molecule has 0 aromatic heterocycles. The Balaban J connectivity index is 1.99. The highest BCUT2D eigenvalue weighted by Gasteiger charge is 2.53. The molecule has 2 aliphatic rings. The SMILES string of the molecule is CC(C)C1(F)CCC2(CC1)CS(=O)(=O)C2. The summed E-state index contributed by atoms with van der Waals surface area (Å²) < 4.78 is 36.6. The molecule has 2 rings (SSSR count). The van der Waals surface area contributed by atoms with E-state index < -0.39 is 15.5 Å². The Morgan fingerprint density at radius 2 is 1.53 bits per heavy atom. The molecule has 1 spiro atoms. The van der Waals surface area contributed by atoms with Gasteiger partial charge in [0, 0.05) is 0 Å². The summed E-state index contributed by atoms with van der Waals surface area (Å²) in [6.07, 6.45) is 2.59. The minimum Gasteiger partial charge on any atom is -0.244 e. The van der Waals surface area contributed by atoms with Crippen molar-refractivity contribution in [3.8, 4) is 0 Å². The molecule has 1 heterocycles. The van der Waals surface area contributed by atoms with Gasteiger partial charge in [-0.25, -0.2) is 12.8 Å². The smallest absolute Gasteiger partial charge is 0.151 e. The van der Waals surface area contributed by atoms with Crippen LogP contribution in [0.15, 0.2) is 0 Å². The van der Waals surface area contributed by atoms with Crippen LogP contribution in [-0.4, -0.2) is 25.6 Å². The highest BCUT2D eigenvalue weighted by molar-refractivity contribution is 7.92. The molecule has 0 atom stereocenters. The number of rotatable bonds is 1. The van der Waals surface area contributed by atoms with E-state index in [9.17, 15) is 12.8 Å². The van der Waals surface area contributed by atoms with Crippen molar-refractivity contribution in [2.75, 3.05) is 11.5 Å². The van der Waals surface area contributed by atoms with Crippen LogP contribution in [0.3, 0.4) is 0 Å². The topological polar surface area (TPSA) is 34.1 Å². The molecule has 15 heavy (non-hydrogen) atoms. The second-order valence-electron chi connectivity index (χ2n) is 5.72. The molecular formula is C11H19FO2S. The molecule has 0 bridgehead atoms. The molecule has 1 saturated heterocycles. The molecule has 0 aromatic carbocycles. The molecule has 88 valence electrons. The molecule has 1 saturated carbocycles. The van der Waals surface area contributed by atoms with Crippen LogP contribution in [0.1, 0.15) is 39.5 Å². The van der Waals surface area contributed by atoms with Crippen LogP contribution in [-0.2, 0) is 9.84 Å². The Hall–Kier alpha value is -0.120. The summed E-state index contributed by atoms with van der Waals surface area (Å²) >= 11 is 0. The maximum absolute atomic E-state index is 14.2. The van der Waals surface area contributed by atoms with Crippen LogP contribution < -0.4 is 0 Å². The molecule has 1 aliphatic heterocycles. The summed E-state index contributed by atoms with van der Waals surface area (Å²) in [5, 5.41) is 0. The predicted molar refractivity (Wildman–Crippen MR) is 58.2 cm³/mol. The third-order valence-electron chi connectivity index (χ3n) is 4.23. The minimum atomic E-state index is -2.77. The predicted octanol–water partition coefficient (Wildman–Crippen LogP) is 2.34. The Morgan fingerprint density at radius 1 is 1.07 bits per heavy atom. The lowest BCUT2D eigenvalue weighted by Gasteiger charge is -2.48. The van der Waals surface area contributed by atoms with Crippen LogP contribution in [0.4, 0.5) is 4.39 Å². The highest BCUT2D eigenvalue weighted by Crippen LogP contribution is 2.51. The van der Waals surface area contributed by atoms with Gasteiger partial charge in [-0.15, -0.1) is 0 Å². The number of halogens is 1. The van der Waals surface area contributed by atoms with Crippen molar-refractivity contribution in [3.63, 3.8) is 0 Å². The number of alkyl halides is 1. The van der Waals surface area contributed by atoms with E-state index in [4.69, 9.17) is 0 Å². The van der Waals surface area contributed by atoms with E-state index >= 15 is 0 Å². The van der Waals surface area contributed by atoms with Crippen molar-refractivity contribution < 1.29 is 12.8 Å². The van der Waals surface area contributed by atoms with Crippen LogP contribution in [0.5, 0.6) is 0 Å². The van der Waals surface area contributed by atoms with Gasteiger partial charge in [-0.1, -0.05) is 13.8 Å². The Labute approximate surface area is 91.2 Å². The fourth-order valence-corrected chi connectivity index (χ4v) is 5.31. The second-order valence-corrected chi connectivity index (χ2v) is 7.79. The molecule has 1 aliphatic carbocycles. The molecular weight excluding hydrogens is 215 g/mol. The van der Waals surface area contributed by atoms with E-state index in [1.54, 1.807) is 0 Å². The van der Waals surface area contributed by atoms with Gasteiger partial charge in [0.15, 0.2) is 9.84 Å². The quantitative estimate of drug-likeness (QED) is 0.698. The maximum atomic E-state index is 14.2. The summed E-state index contributed by atoms with van der Waals surface area (Å²) in [5.74, 6) is 0.647. The van der Waals surface area contributed by atoms with Crippen molar-refractivity contribution in [3.05, 3.63) is 0 Å². The highest BCUT2D eigenvalue weighted by atomic mass is 32.2. The standard InChI is InChI=1S/C11H19FO2S/c1-9(2)11(12)5-3-10(4-6-11)7-15(13,14)8-10/h9H,3-8H2,1-2H3. The van der Waals surface area contributed by atoms with E-state index in [1.165, 1.54) is 0 Å². The zero-order valence-corrected chi connectivity index (χ0v) is 10.2. The first kappa shape index (κ1) is 11.4. The second kappa shape index (κ2) is 3.19. The average molecular weight is 234 g/mol. The number of hydrogen-bond donors (Lipinski definition) is 0. The third kappa shape index (κ3) is 1.93. The zero-order valence-electron chi connectivity index (χ0n) is 9.42. The summed E-state index contributed by atoms with van der Waals surface area (Å²) in [5.41, 5.74) is -1.10. The van der Waals surface area contributed by atoms with Crippen molar-refractivity contribution >= 4 is 9.84 Å². The third-order valence-corrected chi connectivity index (χ3v) is 6.33. The van der Waals surface area contributed by atoms with Gasteiger partial charge in [-0.05, 0) is 37.0 Å². The monoisotopic (exact) mass is 234 g/mol. The van der Waals surface area contributed by atoms with Gasteiger partial charge in [0.05, 0.1) is 11.5 Å². The summed E-state index contributed by atoms with van der Waals surface area (Å²) in [6.45, 7) is 3.82. The summed E-state index contributed by atoms with van der Waals surface area (Å²) in [7, 11) is -2.77. The lowest BCUT2D eigenvalue weighted by Crippen LogP contribution is -2.53. The van der Waals surface area contributed by atoms with Gasteiger partial charge in [0.25, 0.3) is 0 Å². The fourth-order valence-electron chi connectivity index (χ4n) is 2.95. The van der Waals surface area contributed by atoms with E-state index in [0.29, 0.717) is 24.3 Å².